The van der Waals surface area contributed by atoms with Crippen molar-refractivity contribution >= 4 is 5.91 Å². The molecule has 3 aliphatic rings. The average molecular weight is 335 g/mol. The fraction of sp³-hybridized carbons (Fsp3) is 0.588. The number of methoxy groups -OCH3 is 1. The Hall–Kier alpha value is -1.99. The molecule has 2 heterocycles. The fourth-order valence-electron chi connectivity index (χ4n) is 3.91. The number of hydrogen-bond donors (Lipinski definition) is 2. The summed E-state index contributed by atoms with van der Waals surface area (Å²) in [6, 6.07) is 3.25. The third kappa shape index (κ3) is 2.31. The lowest BCUT2D eigenvalue weighted by Crippen LogP contribution is -2.65. The van der Waals surface area contributed by atoms with Crippen LogP contribution in [-0.2, 0) is 4.74 Å². The summed E-state index contributed by atoms with van der Waals surface area (Å²) in [6.45, 7) is 1.38. The van der Waals surface area contributed by atoms with Crippen molar-refractivity contribution in [2.75, 3.05) is 27.1 Å². The molecule has 2 N–H and O–H groups in total. The number of carbonyl (C=O) groups is 1. The van der Waals surface area contributed by atoms with Crippen LogP contribution in [-0.4, -0.2) is 50.3 Å². The quantitative estimate of drug-likeness (QED) is 0.860. The molecule has 1 aliphatic carbocycles. The van der Waals surface area contributed by atoms with Crippen molar-refractivity contribution in [3.63, 3.8) is 0 Å². The summed E-state index contributed by atoms with van der Waals surface area (Å²) in [5.41, 5.74) is 0.141. The van der Waals surface area contributed by atoms with E-state index in [-0.39, 0.29) is 30.3 Å². The second-order valence-electron chi connectivity index (χ2n) is 6.53. The summed E-state index contributed by atoms with van der Waals surface area (Å²) >= 11 is 0. The van der Waals surface area contributed by atoms with Crippen LogP contribution in [0.3, 0.4) is 0 Å². The molecular formula is C17H21NO6. The smallest absolute Gasteiger partial charge is 0.255 e. The summed E-state index contributed by atoms with van der Waals surface area (Å²) in [4.78, 5) is 12.8. The van der Waals surface area contributed by atoms with Crippen molar-refractivity contribution < 1.29 is 28.8 Å². The minimum absolute atomic E-state index is 0.0565. The van der Waals surface area contributed by atoms with Gasteiger partial charge in [-0.3, -0.25) is 4.79 Å². The number of aliphatic hydroxyl groups excluding tert-OH is 1. The van der Waals surface area contributed by atoms with Gasteiger partial charge in [0.1, 0.15) is 5.75 Å². The second-order valence-corrected chi connectivity index (χ2v) is 6.53. The Morgan fingerprint density at radius 2 is 2.00 bits per heavy atom. The van der Waals surface area contributed by atoms with Crippen LogP contribution >= 0.6 is 0 Å². The Kier molecular flexibility index (Phi) is 3.77. The van der Waals surface area contributed by atoms with Gasteiger partial charge in [0.15, 0.2) is 11.5 Å². The van der Waals surface area contributed by atoms with E-state index in [1.54, 1.807) is 12.1 Å². The van der Waals surface area contributed by atoms with Crippen molar-refractivity contribution in [2.45, 2.75) is 31.4 Å². The predicted molar refractivity (Wildman–Crippen MR) is 83.5 cm³/mol. The number of aliphatic hydroxyl groups is 1. The largest absolute Gasteiger partial charge is 0.496 e. The molecule has 130 valence electrons. The van der Waals surface area contributed by atoms with Gasteiger partial charge in [0, 0.05) is 36.8 Å². The second kappa shape index (κ2) is 5.82. The van der Waals surface area contributed by atoms with Crippen LogP contribution in [0, 0.1) is 5.41 Å². The van der Waals surface area contributed by atoms with Crippen molar-refractivity contribution in [1.82, 2.24) is 5.32 Å². The fourth-order valence-corrected chi connectivity index (χ4v) is 3.91. The molecule has 0 bridgehead atoms. The minimum atomic E-state index is -0.384. The molecule has 2 fully saturated rings. The Labute approximate surface area is 139 Å². The first-order chi connectivity index (χ1) is 11.6. The average Bonchev–Trinajstić information content (AvgIpc) is 3.08. The van der Waals surface area contributed by atoms with E-state index in [1.165, 1.54) is 7.11 Å². The maximum atomic E-state index is 12.8. The summed E-state index contributed by atoms with van der Waals surface area (Å²) < 4.78 is 21.4. The molecule has 1 saturated heterocycles. The highest BCUT2D eigenvalue weighted by molar-refractivity contribution is 5.98. The highest BCUT2D eigenvalue weighted by Gasteiger charge is 2.55. The van der Waals surface area contributed by atoms with Crippen LogP contribution < -0.4 is 19.5 Å². The van der Waals surface area contributed by atoms with Crippen molar-refractivity contribution in [1.29, 1.82) is 0 Å². The van der Waals surface area contributed by atoms with Gasteiger partial charge in [0.05, 0.1) is 18.8 Å². The van der Waals surface area contributed by atoms with Crippen LogP contribution in [0.15, 0.2) is 12.1 Å². The molecule has 0 aromatic heterocycles. The lowest BCUT2D eigenvalue weighted by Gasteiger charge is -2.55. The monoisotopic (exact) mass is 335 g/mol. The van der Waals surface area contributed by atoms with Gasteiger partial charge < -0.3 is 29.4 Å². The van der Waals surface area contributed by atoms with E-state index in [1.807, 2.05) is 0 Å². The molecule has 2 aliphatic heterocycles. The molecule has 24 heavy (non-hydrogen) atoms. The summed E-state index contributed by atoms with van der Waals surface area (Å²) in [7, 11) is 1.52. The molecule has 7 heteroatoms. The lowest BCUT2D eigenvalue weighted by molar-refractivity contribution is -0.145. The molecule has 1 amide bonds. The van der Waals surface area contributed by atoms with E-state index >= 15 is 0 Å². The topological polar surface area (TPSA) is 86.3 Å². The molecule has 4 rings (SSSR count). The first-order valence-electron chi connectivity index (χ1n) is 8.18. The van der Waals surface area contributed by atoms with E-state index < -0.39 is 0 Å². The van der Waals surface area contributed by atoms with Crippen molar-refractivity contribution in [3.05, 3.63) is 17.7 Å². The van der Waals surface area contributed by atoms with Gasteiger partial charge in [-0.1, -0.05) is 0 Å². The molecule has 1 spiro atoms. The minimum Gasteiger partial charge on any atom is -0.496 e. The van der Waals surface area contributed by atoms with Gasteiger partial charge in [-0.2, -0.15) is 0 Å². The van der Waals surface area contributed by atoms with Crippen LogP contribution in [0.2, 0.25) is 0 Å². The number of rotatable bonds is 3. The normalized spacial score (nSPS) is 26.8. The molecule has 7 nitrogen and oxygen atoms in total. The van der Waals surface area contributed by atoms with Gasteiger partial charge in [0.25, 0.3) is 5.91 Å². The summed E-state index contributed by atoms with van der Waals surface area (Å²) in [6.07, 6.45) is 1.71. The zero-order valence-corrected chi connectivity index (χ0v) is 13.5. The zero-order valence-electron chi connectivity index (χ0n) is 13.5. The SMILES string of the molecule is COc1cc2c(cc1C(=O)N[C@@H]1C[C@@H](O)C13CCOCC3)OCO2. The Morgan fingerprint density at radius 1 is 1.29 bits per heavy atom. The third-order valence-electron chi connectivity index (χ3n) is 5.48. The number of amides is 1. The van der Waals surface area contributed by atoms with Gasteiger partial charge >= 0.3 is 0 Å². The molecule has 2 atom stereocenters. The standard InChI is InChI=1S/C17H21NO6/c1-21-11-7-13-12(23-9-24-13)6-10(11)16(20)18-14-8-15(19)17(14)2-4-22-5-3-17/h6-7,14-15,19H,2-5,8-9H2,1H3,(H,18,20)/t14-,15-/m1/s1. The van der Waals surface area contributed by atoms with E-state index in [2.05, 4.69) is 5.32 Å². The highest BCUT2D eigenvalue weighted by atomic mass is 16.7. The summed E-state index contributed by atoms with van der Waals surface area (Å²) in [5, 5.41) is 13.3. The van der Waals surface area contributed by atoms with Crippen LogP contribution in [0.25, 0.3) is 0 Å². The van der Waals surface area contributed by atoms with Gasteiger partial charge in [-0.25, -0.2) is 0 Å². The van der Waals surface area contributed by atoms with E-state index in [9.17, 15) is 9.90 Å². The molecule has 1 aromatic carbocycles. The van der Waals surface area contributed by atoms with Gasteiger partial charge in [-0.15, -0.1) is 0 Å². The number of fused-ring (bicyclic) bond motifs is 1. The maximum absolute atomic E-state index is 12.8. The van der Waals surface area contributed by atoms with E-state index in [0.717, 1.165) is 12.8 Å². The first-order valence-corrected chi connectivity index (χ1v) is 8.18. The van der Waals surface area contributed by atoms with Crippen LogP contribution in [0.1, 0.15) is 29.6 Å². The Balaban J connectivity index is 1.54. The highest BCUT2D eigenvalue weighted by Crippen LogP contribution is 2.49. The van der Waals surface area contributed by atoms with Crippen molar-refractivity contribution in [3.8, 4) is 17.2 Å². The number of ether oxygens (including phenoxy) is 4. The van der Waals surface area contributed by atoms with E-state index in [4.69, 9.17) is 18.9 Å². The van der Waals surface area contributed by atoms with Gasteiger partial charge in [0.2, 0.25) is 6.79 Å². The lowest BCUT2D eigenvalue weighted by atomic mass is 9.58. The van der Waals surface area contributed by atoms with E-state index in [0.29, 0.717) is 42.4 Å². The number of hydrogen-bond acceptors (Lipinski definition) is 6. The molecule has 1 aromatic rings. The molecule has 0 unspecified atom stereocenters. The number of carbonyl (C=O) groups excluding carboxylic acids is 1. The number of nitrogens with one attached hydrogen (secondary N) is 1. The van der Waals surface area contributed by atoms with Crippen LogP contribution in [0.4, 0.5) is 0 Å². The summed E-state index contributed by atoms with van der Waals surface area (Å²) in [5.74, 6) is 1.32. The third-order valence-corrected chi connectivity index (χ3v) is 5.48. The molecule has 1 saturated carbocycles. The zero-order chi connectivity index (χ0) is 16.7. The van der Waals surface area contributed by atoms with Crippen LogP contribution in [0.5, 0.6) is 17.2 Å². The first kappa shape index (κ1) is 15.5. The molecule has 0 radical (unpaired) electrons. The van der Waals surface area contributed by atoms with Crippen molar-refractivity contribution in [2.24, 2.45) is 5.41 Å². The predicted octanol–water partition coefficient (Wildman–Crippen LogP) is 1.08. The van der Waals surface area contributed by atoms with Gasteiger partial charge in [-0.05, 0) is 19.3 Å². The molecular weight excluding hydrogens is 314 g/mol. The number of benzene rings is 1. The maximum Gasteiger partial charge on any atom is 0.255 e. The Morgan fingerprint density at radius 3 is 2.67 bits per heavy atom. The Bertz CT molecular complexity index is 655.